The number of imidazole rings is 1. The summed E-state index contributed by atoms with van der Waals surface area (Å²) in [6, 6.07) is 0. The minimum atomic E-state index is -0.651. The Hall–Kier alpha value is -1.18. The van der Waals surface area contributed by atoms with Crippen LogP contribution in [0.1, 0.15) is 12.6 Å². The van der Waals surface area contributed by atoms with E-state index in [1.165, 1.54) is 17.0 Å². The van der Waals surface area contributed by atoms with Crippen LogP contribution in [-0.4, -0.2) is 37.7 Å². The van der Waals surface area contributed by atoms with E-state index in [-0.39, 0.29) is 18.7 Å². The highest BCUT2D eigenvalue weighted by atomic mass is 35.5. The monoisotopic (exact) mass is 247 g/mol. The lowest BCUT2D eigenvalue weighted by atomic mass is 10.2. The summed E-state index contributed by atoms with van der Waals surface area (Å²) >= 11 is 6.01. The molecule has 0 bridgehead atoms. The topological polar surface area (TPSA) is 90.4 Å². The zero-order valence-electron chi connectivity index (χ0n) is 8.19. The fourth-order valence-corrected chi connectivity index (χ4v) is 2.09. The van der Waals surface area contributed by atoms with Gasteiger partial charge in [-0.3, -0.25) is 0 Å². The van der Waals surface area contributed by atoms with E-state index in [0.29, 0.717) is 6.42 Å². The number of ether oxygens (including phenoxy) is 1. The number of aromatic nitrogens is 2. The van der Waals surface area contributed by atoms with E-state index in [2.05, 4.69) is 4.98 Å². The third kappa shape index (κ3) is 1.89. The Balaban J connectivity index is 2.24. The molecule has 1 fully saturated rings. The fraction of sp³-hybridized carbons (Fsp3) is 0.625. The van der Waals surface area contributed by atoms with Gasteiger partial charge in [-0.1, -0.05) is 4.98 Å². The first-order chi connectivity index (χ1) is 7.63. The largest absolute Gasteiger partial charge is 0.436 e. The number of hydrogen-bond acceptors (Lipinski definition) is 5. The van der Waals surface area contributed by atoms with Crippen molar-refractivity contribution in [1.29, 1.82) is 0 Å². The maximum atomic E-state index is 10.7. The highest BCUT2D eigenvalue weighted by molar-refractivity contribution is 6.21. The van der Waals surface area contributed by atoms with Crippen molar-refractivity contribution in [3.8, 4) is 0 Å². The Kier molecular flexibility index (Phi) is 3.08. The third-order valence-corrected chi connectivity index (χ3v) is 2.81. The quantitative estimate of drug-likeness (QED) is 0.482. The van der Waals surface area contributed by atoms with Crippen LogP contribution in [0.3, 0.4) is 0 Å². The van der Waals surface area contributed by atoms with Gasteiger partial charge in [0, 0.05) is 0 Å². The number of rotatable bonds is 3. The van der Waals surface area contributed by atoms with E-state index in [1.54, 1.807) is 0 Å². The van der Waals surface area contributed by atoms with Crippen molar-refractivity contribution in [3.63, 3.8) is 0 Å². The normalized spacial score (nSPS) is 29.5. The molecule has 16 heavy (non-hydrogen) atoms. The molecule has 0 aromatic carbocycles. The van der Waals surface area contributed by atoms with Crippen molar-refractivity contribution >= 4 is 17.5 Å². The Morgan fingerprint density at radius 1 is 1.81 bits per heavy atom. The second-order valence-electron chi connectivity index (χ2n) is 3.47. The summed E-state index contributed by atoms with van der Waals surface area (Å²) in [6.07, 6.45) is 2.18. The van der Waals surface area contributed by atoms with Crippen LogP contribution in [0, 0.1) is 10.1 Å². The molecule has 8 heteroatoms. The second-order valence-corrected chi connectivity index (χ2v) is 4.04. The molecule has 1 aliphatic heterocycles. The summed E-state index contributed by atoms with van der Waals surface area (Å²) in [5.74, 6) is -0.311. The number of hydrogen-bond donors (Lipinski definition) is 1. The van der Waals surface area contributed by atoms with E-state index in [4.69, 9.17) is 21.4 Å². The summed E-state index contributed by atoms with van der Waals surface area (Å²) in [5, 5.41) is 19.2. The molecular formula is C8H10ClN3O4. The van der Waals surface area contributed by atoms with Crippen LogP contribution < -0.4 is 0 Å². The molecule has 1 unspecified atom stereocenters. The summed E-state index contributed by atoms with van der Waals surface area (Å²) in [6.45, 7) is -0.151. The lowest BCUT2D eigenvalue weighted by molar-refractivity contribution is -0.398. The number of nitro groups is 1. The Morgan fingerprint density at radius 3 is 3.12 bits per heavy atom. The van der Waals surface area contributed by atoms with Crippen LogP contribution >= 0.6 is 11.6 Å². The Morgan fingerprint density at radius 2 is 2.56 bits per heavy atom. The first-order valence-electron chi connectivity index (χ1n) is 4.71. The molecule has 0 aliphatic carbocycles. The predicted octanol–water partition coefficient (Wildman–Crippen LogP) is 0.678. The van der Waals surface area contributed by atoms with Gasteiger partial charge in [0.15, 0.2) is 6.23 Å². The summed E-state index contributed by atoms with van der Waals surface area (Å²) in [7, 11) is 0. The molecule has 1 saturated heterocycles. The summed E-state index contributed by atoms with van der Waals surface area (Å²) < 4.78 is 6.67. The Labute approximate surface area is 95.8 Å². The zero-order valence-corrected chi connectivity index (χ0v) is 8.95. The van der Waals surface area contributed by atoms with Gasteiger partial charge >= 0.3 is 5.95 Å². The van der Waals surface area contributed by atoms with E-state index in [0.717, 1.165) is 0 Å². The minimum Gasteiger partial charge on any atom is -0.394 e. The third-order valence-electron chi connectivity index (χ3n) is 2.42. The van der Waals surface area contributed by atoms with Gasteiger partial charge in [-0.2, -0.15) is 0 Å². The van der Waals surface area contributed by atoms with Gasteiger partial charge in [-0.15, -0.1) is 11.6 Å². The molecule has 1 N–H and O–H groups in total. The lowest BCUT2D eigenvalue weighted by Gasteiger charge is -2.12. The second kappa shape index (κ2) is 4.36. The van der Waals surface area contributed by atoms with Crippen LogP contribution in [0.5, 0.6) is 0 Å². The molecule has 7 nitrogen and oxygen atoms in total. The van der Waals surface area contributed by atoms with Gasteiger partial charge in [-0.05, 0) is 11.3 Å². The molecule has 1 aromatic heterocycles. The van der Waals surface area contributed by atoms with Crippen LogP contribution in [0.2, 0.25) is 0 Å². The van der Waals surface area contributed by atoms with Crippen molar-refractivity contribution in [1.82, 2.24) is 9.55 Å². The molecule has 0 amide bonds. The molecule has 2 rings (SSSR count). The smallest absolute Gasteiger partial charge is 0.394 e. The van der Waals surface area contributed by atoms with Crippen molar-refractivity contribution < 1.29 is 14.8 Å². The molecule has 1 aliphatic rings. The number of aliphatic hydroxyl groups is 1. The van der Waals surface area contributed by atoms with Crippen molar-refractivity contribution in [2.45, 2.75) is 24.1 Å². The number of nitrogens with zero attached hydrogens (tertiary/aromatic N) is 3. The van der Waals surface area contributed by atoms with E-state index in [9.17, 15) is 10.1 Å². The van der Waals surface area contributed by atoms with Crippen LogP contribution in [0.15, 0.2) is 12.4 Å². The maximum absolute atomic E-state index is 10.7. The standard InChI is InChI=1S/C8H10ClN3O4/c9-6-3-5(4-13)16-7(6)11-2-1-10-8(11)12(14)15/h1-2,5-7,13H,3-4H2/t5?,6-,7+/m0/s1. The first-order valence-corrected chi connectivity index (χ1v) is 5.14. The number of halogens is 1. The van der Waals surface area contributed by atoms with Gasteiger partial charge in [0.1, 0.15) is 12.4 Å². The molecule has 0 radical (unpaired) electrons. The van der Waals surface area contributed by atoms with E-state index >= 15 is 0 Å². The maximum Gasteiger partial charge on any atom is 0.436 e. The SMILES string of the molecule is O=[N+]([O-])c1nccn1[C@@H]1OC(CO)C[C@@H]1Cl. The van der Waals surface area contributed by atoms with Crippen molar-refractivity contribution in [2.24, 2.45) is 0 Å². The highest BCUT2D eigenvalue weighted by Crippen LogP contribution is 2.34. The summed E-state index contributed by atoms with van der Waals surface area (Å²) in [4.78, 5) is 13.7. The average molecular weight is 248 g/mol. The van der Waals surface area contributed by atoms with Gasteiger partial charge in [-0.25, -0.2) is 4.57 Å². The first kappa shape index (κ1) is 11.3. The van der Waals surface area contributed by atoms with Crippen molar-refractivity contribution in [2.75, 3.05) is 6.61 Å². The molecule has 88 valence electrons. The van der Waals surface area contributed by atoms with Gasteiger partial charge < -0.3 is 20.0 Å². The van der Waals surface area contributed by atoms with Gasteiger partial charge in [0.2, 0.25) is 0 Å². The van der Waals surface area contributed by atoms with Crippen molar-refractivity contribution in [3.05, 3.63) is 22.5 Å². The Bertz CT molecular complexity index is 396. The van der Waals surface area contributed by atoms with Gasteiger partial charge in [0.25, 0.3) is 0 Å². The van der Waals surface area contributed by atoms with Crippen LogP contribution in [0.4, 0.5) is 5.95 Å². The zero-order chi connectivity index (χ0) is 11.7. The van der Waals surface area contributed by atoms with Crippen LogP contribution in [-0.2, 0) is 4.74 Å². The van der Waals surface area contributed by atoms with E-state index in [1.807, 2.05) is 0 Å². The number of alkyl halides is 1. The average Bonchev–Trinajstić information content (AvgIpc) is 2.82. The van der Waals surface area contributed by atoms with Gasteiger partial charge in [0.05, 0.1) is 18.1 Å². The molecule has 2 heterocycles. The number of aliphatic hydroxyl groups excluding tert-OH is 1. The van der Waals surface area contributed by atoms with E-state index < -0.39 is 16.5 Å². The molecular weight excluding hydrogens is 238 g/mol. The fourth-order valence-electron chi connectivity index (χ4n) is 1.71. The molecule has 0 saturated carbocycles. The minimum absolute atomic E-state index is 0.151. The predicted molar refractivity (Wildman–Crippen MR) is 54.1 cm³/mol. The summed E-state index contributed by atoms with van der Waals surface area (Å²) in [5.41, 5.74) is 0. The highest BCUT2D eigenvalue weighted by Gasteiger charge is 2.39. The molecule has 0 spiro atoms. The van der Waals surface area contributed by atoms with Crippen LogP contribution in [0.25, 0.3) is 0 Å². The lowest BCUT2D eigenvalue weighted by Crippen LogP contribution is -2.17. The molecule has 3 atom stereocenters. The molecule has 1 aromatic rings.